The first-order valence-electron chi connectivity index (χ1n) is 11.4. The SMILES string of the molecule is Cc1nn(COCC[Si](C)(C)C)c(C)c1-n1cc(C(=O)NCc2nnc(-c3ccccc3)s2)nn1. The number of ether oxygens (including phenoxy) is 1. The lowest BCUT2D eigenvalue weighted by Crippen LogP contribution is -2.23. The molecular formula is C23H30N8O2SSi. The zero-order valence-electron chi connectivity index (χ0n) is 20.6. The molecule has 0 aliphatic heterocycles. The van der Waals surface area contributed by atoms with Crippen LogP contribution in [0.4, 0.5) is 0 Å². The van der Waals surface area contributed by atoms with E-state index in [1.807, 2.05) is 48.9 Å². The fourth-order valence-electron chi connectivity index (χ4n) is 3.42. The maximum atomic E-state index is 12.7. The Bertz CT molecular complexity index is 1290. The zero-order chi connectivity index (χ0) is 25.0. The van der Waals surface area contributed by atoms with Crippen molar-refractivity contribution in [2.75, 3.05) is 6.61 Å². The summed E-state index contributed by atoms with van der Waals surface area (Å²) in [5.74, 6) is -0.329. The number of carbonyl (C=O) groups excluding carboxylic acids is 1. The Hall–Kier alpha value is -3.22. The van der Waals surface area contributed by atoms with Gasteiger partial charge in [0.15, 0.2) is 5.69 Å². The van der Waals surface area contributed by atoms with Gasteiger partial charge in [-0.25, -0.2) is 9.36 Å². The quantitative estimate of drug-likeness (QED) is 0.255. The highest BCUT2D eigenvalue weighted by atomic mass is 32.1. The molecule has 0 aliphatic carbocycles. The lowest BCUT2D eigenvalue weighted by atomic mass is 10.2. The number of carbonyl (C=O) groups is 1. The molecular weight excluding hydrogens is 480 g/mol. The fraction of sp³-hybridized carbons (Fsp3) is 0.391. The van der Waals surface area contributed by atoms with Crippen LogP contribution in [0.1, 0.15) is 26.9 Å². The van der Waals surface area contributed by atoms with E-state index in [9.17, 15) is 4.79 Å². The van der Waals surface area contributed by atoms with Crippen LogP contribution in [0.3, 0.4) is 0 Å². The molecule has 3 heterocycles. The number of aromatic nitrogens is 7. The summed E-state index contributed by atoms with van der Waals surface area (Å²) in [5.41, 5.74) is 3.70. The van der Waals surface area contributed by atoms with Crippen molar-refractivity contribution in [1.29, 1.82) is 0 Å². The highest BCUT2D eigenvalue weighted by Crippen LogP contribution is 2.23. The average Bonchev–Trinajstić information content (AvgIpc) is 3.55. The number of nitrogens with one attached hydrogen (secondary N) is 1. The predicted octanol–water partition coefficient (Wildman–Crippen LogP) is 3.84. The Morgan fingerprint density at radius 2 is 1.89 bits per heavy atom. The normalized spacial score (nSPS) is 11.7. The van der Waals surface area contributed by atoms with Crippen LogP contribution in [0.5, 0.6) is 0 Å². The predicted molar refractivity (Wildman–Crippen MR) is 137 cm³/mol. The molecule has 12 heteroatoms. The molecule has 1 amide bonds. The summed E-state index contributed by atoms with van der Waals surface area (Å²) < 4.78 is 9.25. The first-order valence-corrected chi connectivity index (χ1v) is 15.9. The van der Waals surface area contributed by atoms with E-state index in [2.05, 4.69) is 50.6 Å². The van der Waals surface area contributed by atoms with Crippen molar-refractivity contribution in [2.24, 2.45) is 0 Å². The van der Waals surface area contributed by atoms with Crippen LogP contribution in [0.25, 0.3) is 16.3 Å². The molecule has 0 unspecified atom stereocenters. The summed E-state index contributed by atoms with van der Waals surface area (Å²) in [4.78, 5) is 12.7. The lowest BCUT2D eigenvalue weighted by Gasteiger charge is -2.15. The summed E-state index contributed by atoms with van der Waals surface area (Å²) in [5, 5.41) is 25.5. The Morgan fingerprint density at radius 1 is 1.11 bits per heavy atom. The Morgan fingerprint density at radius 3 is 2.63 bits per heavy atom. The second kappa shape index (κ2) is 10.6. The molecule has 0 spiro atoms. The lowest BCUT2D eigenvalue weighted by molar-refractivity contribution is 0.0769. The van der Waals surface area contributed by atoms with Crippen molar-refractivity contribution in [2.45, 2.75) is 52.8 Å². The molecule has 1 N–H and O–H groups in total. The molecule has 184 valence electrons. The number of hydrogen-bond donors (Lipinski definition) is 1. The Labute approximate surface area is 209 Å². The number of benzene rings is 1. The molecule has 1 aromatic carbocycles. The first kappa shape index (κ1) is 24.9. The third kappa shape index (κ3) is 6.27. The molecule has 0 radical (unpaired) electrons. The standard InChI is InChI=1S/C23H30N8O2SSi/c1-16-21(17(2)31(28-16)15-33-11-12-35(3,4)5)30-14-19(25-29-30)22(32)24-13-20-26-27-23(34-20)18-9-7-6-8-10-18/h6-10,14H,11-13,15H2,1-5H3,(H,24,32). The van der Waals surface area contributed by atoms with Crippen LogP contribution in [0, 0.1) is 13.8 Å². The molecule has 4 aromatic rings. The van der Waals surface area contributed by atoms with E-state index in [-0.39, 0.29) is 18.1 Å². The van der Waals surface area contributed by atoms with Crippen molar-refractivity contribution in [1.82, 2.24) is 40.3 Å². The van der Waals surface area contributed by atoms with Gasteiger partial charge in [0, 0.05) is 20.2 Å². The third-order valence-electron chi connectivity index (χ3n) is 5.40. The van der Waals surface area contributed by atoms with Crippen molar-refractivity contribution >= 4 is 25.3 Å². The maximum absolute atomic E-state index is 12.7. The van der Waals surface area contributed by atoms with Gasteiger partial charge in [-0.15, -0.1) is 15.3 Å². The van der Waals surface area contributed by atoms with Crippen molar-refractivity contribution in [3.8, 4) is 16.3 Å². The van der Waals surface area contributed by atoms with Crippen LogP contribution in [0.15, 0.2) is 36.5 Å². The molecule has 4 rings (SSSR count). The van der Waals surface area contributed by atoms with Gasteiger partial charge in [0.1, 0.15) is 22.4 Å². The molecule has 0 bridgehead atoms. The third-order valence-corrected chi connectivity index (χ3v) is 8.07. The number of hydrogen-bond acceptors (Lipinski definition) is 8. The number of rotatable bonds is 10. The molecule has 0 fully saturated rings. The van der Waals surface area contributed by atoms with Gasteiger partial charge in [-0.05, 0) is 19.9 Å². The van der Waals surface area contributed by atoms with Crippen LogP contribution in [0.2, 0.25) is 25.7 Å². The van der Waals surface area contributed by atoms with Crippen molar-refractivity contribution in [3.63, 3.8) is 0 Å². The van der Waals surface area contributed by atoms with Gasteiger partial charge in [-0.1, -0.05) is 66.5 Å². The van der Waals surface area contributed by atoms with Gasteiger partial charge in [0.25, 0.3) is 5.91 Å². The molecule has 0 atom stereocenters. The molecule has 0 saturated carbocycles. The highest BCUT2D eigenvalue weighted by molar-refractivity contribution is 7.14. The second-order valence-electron chi connectivity index (χ2n) is 9.46. The molecule has 0 aliphatic rings. The Balaban J connectivity index is 1.37. The second-order valence-corrected chi connectivity index (χ2v) is 16.1. The summed E-state index contributed by atoms with van der Waals surface area (Å²) in [6.07, 6.45) is 1.61. The Kier molecular flexibility index (Phi) is 7.53. The fourth-order valence-corrected chi connectivity index (χ4v) is 4.96. The van der Waals surface area contributed by atoms with E-state index in [1.165, 1.54) is 11.3 Å². The van der Waals surface area contributed by atoms with Gasteiger partial charge in [-0.3, -0.25) is 4.79 Å². The van der Waals surface area contributed by atoms with Gasteiger partial charge in [0.2, 0.25) is 0 Å². The topological polar surface area (TPSA) is 113 Å². The molecule has 3 aromatic heterocycles. The van der Waals surface area contributed by atoms with Crippen molar-refractivity contribution in [3.05, 3.63) is 58.6 Å². The van der Waals surface area contributed by atoms with E-state index in [1.54, 1.807) is 10.9 Å². The maximum Gasteiger partial charge on any atom is 0.273 e. The summed E-state index contributed by atoms with van der Waals surface area (Å²) in [6.45, 7) is 12.2. The van der Waals surface area contributed by atoms with E-state index in [0.717, 1.165) is 40.3 Å². The van der Waals surface area contributed by atoms with Crippen LogP contribution < -0.4 is 5.32 Å². The molecule has 35 heavy (non-hydrogen) atoms. The minimum absolute atomic E-state index is 0.218. The van der Waals surface area contributed by atoms with Crippen LogP contribution >= 0.6 is 11.3 Å². The van der Waals surface area contributed by atoms with Crippen LogP contribution in [-0.4, -0.2) is 55.6 Å². The number of aryl methyl sites for hydroxylation is 1. The average molecular weight is 511 g/mol. The smallest absolute Gasteiger partial charge is 0.273 e. The first-order chi connectivity index (χ1) is 16.7. The summed E-state index contributed by atoms with van der Waals surface area (Å²) in [6, 6.07) is 10.9. The number of amides is 1. The van der Waals surface area contributed by atoms with Gasteiger partial charge < -0.3 is 10.1 Å². The van der Waals surface area contributed by atoms with Gasteiger partial charge >= 0.3 is 0 Å². The molecule has 10 nitrogen and oxygen atoms in total. The van der Waals surface area contributed by atoms with Crippen molar-refractivity contribution < 1.29 is 9.53 Å². The minimum Gasteiger partial charge on any atom is -0.360 e. The summed E-state index contributed by atoms with van der Waals surface area (Å²) in [7, 11) is -1.14. The number of nitrogens with zero attached hydrogens (tertiary/aromatic N) is 7. The van der Waals surface area contributed by atoms with Gasteiger partial charge in [-0.2, -0.15) is 5.10 Å². The van der Waals surface area contributed by atoms with E-state index < -0.39 is 8.07 Å². The van der Waals surface area contributed by atoms with Gasteiger partial charge in [0.05, 0.1) is 24.1 Å². The monoisotopic (exact) mass is 510 g/mol. The van der Waals surface area contributed by atoms with E-state index in [0.29, 0.717) is 11.7 Å². The highest BCUT2D eigenvalue weighted by Gasteiger charge is 2.19. The summed E-state index contributed by atoms with van der Waals surface area (Å²) >= 11 is 1.44. The van der Waals surface area contributed by atoms with E-state index >= 15 is 0 Å². The van der Waals surface area contributed by atoms with Crippen LogP contribution in [-0.2, 0) is 18.0 Å². The molecule has 0 saturated heterocycles. The zero-order valence-corrected chi connectivity index (χ0v) is 22.5. The van der Waals surface area contributed by atoms with E-state index in [4.69, 9.17) is 4.74 Å². The largest absolute Gasteiger partial charge is 0.360 e. The minimum atomic E-state index is -1.14.